The number of fused-ring (bicyclic) bond motifs is 1. The summed E-state index contributed by atoms with van der Waals surface area (Å²) in [5.74, 6) is 3.46. The van der Waals surface area contributed by atoms with Crippen molar-refractivity contribution < 1.29 is 14.2 Å². The second kappa shape index (κ2) is 10.5. The molecule has 3 heteroatoms. The molecule has 0 spiro atoms. The average molecular weight is 425 g/mol. The number of hydrogen-bond acceptors (Lipinski definition) is 3. The summed E-state index contributed by atoms with van der Waals surface area (Å²) in [5.41, 5.74) is 2.88. The van der Waals surface area contributed by atoms with Crippen molar-refractivity contribution in [3.63, 3.8) is 0 Å². The van der Waals surface area contributed by atoms with Crippen molar-refractivity contribution in [2.75, 3.05) is 13.2 Å². The van der Waals surface area contributed by atoms with E-state index in [2.05, 4.69) is 77.1 Å². The maximum atomic E-state index is 6.31. The first-order chi connectivity index (χ1) is 14.8. The number of hydrogen-bond donors (Lipinski definition) is 0. The van der Waals surface area contributed by atoms with Crippen LogP contribution in [0.5, 0.6) is 11.5 Å². The van der Waals surface area contributed by atoms with Crippen molar-refractivity contribution in [1.82, 2.24) is 0 Å². The van der Waals surface area contributed by atoms with Gasteiger partial charge in [0.2, 0.25) is 0 Å². The van der Waals surface area contributed by atoms with Gasteiger partial charge in [0.15, 0.2) is 6.29 Å². The van der Waals surface area contributed by atoms with Crippen LogP contribution in [-0.4, -0.2) is 19.5 Å². The lowest BCUT2D eigenvalue weighted by Crippen LogP contribution is -2.26. The lowest BCUT2D eigenvalue weighted by Gasteiger charge is -2.33. The Morgan fingerprint density at radius 2 is 1.74 bits per heavy atom. The summed E-state index contributed by atoms with van der Waals surface area (Å²) < 4.78 is 18.1. The van der Waals surface area contributed by atoms with E-state index in [1.54, 1.807) is 0 Å². The van der Waals surface area contributed by atoms with E-state index in [0.29, 0.717) is 24.4 Å². The highest BCUT2D eigenvalue weighted by Crippen LogP contribution is 2.40. The first-order valence-electron chi connectivity index (χ1n) is 11.9. The van der Waals surface area contributed by atoms with Crippen molar-refractivity contribution in [2.24, 2.45) is 11.3 Å². The third-order valence-electron chi connectivity index (χ3n) is 6.21. The van der Waals surface area contributed by atoms with Gasteiger partial charge in [0, 0.05) is 13.0 Å². The van der Waals surface area contributed by atoms with Crippen LogP contribution in [0.1, 0.15) is 83.8 Å². The zero-order valence-corrected chi connectivity index (χ0v) is 20.2. The van der Waals surface area contributed by atoms with E-state index in [1.165, 1.54) is 17.5 Å². The first-order valence-corrected chi connectivity index (χ1v) is 11.9. The molecule has 3 unspecified atom stereocenters. The highest BCUT2D eigenvalue weighted by atomic mass is 16.7. The molecule has 0 aromatic heterocycles. The normalized spacial score (nSPS) is 18.2. The molecular weight excluding hydrogens is 384 g/mol. The Labute approximate surface area is 189 Å². The molecule has 0 saturated carbocycles. The van der Waals surface area contributed by atoms with Crippen LogP contribution in [0.15, 0.2) is 48.5 Å². The van der Waals surface area contributed by atoms with E-state index in [1.807, 2.05) is 13.0 Å². The van der Waals surface area contributed by atoms with Crippen molar-refractivity contribution >= 4 is 0 Å². The Bertz CT molecular complexity index is 804. The zero-order chi connectivity index (χ0) is 22.4. The monoisotopic (exact) mass is 424 g/mol. The van der Waals surface area contributed by atoms with E-state index < -0.39 is 0 Å². The van der Waals surface area contributed by atoms with E-state index in [4.69, 9.17) is 14.2 Å². The molecule has 170 valence electrons. The second-order valence-corrected chi connectivity index (χ2v) is 10.2. The molecule has 0 N–H and O–H groups in total. The summed E-state index contributed by atoms with van der Waals surface area (Å²) >= 11 is 0. The molecule has 3 rings (SSSR count). The van der Waals surface area contributed by atoms with Crippen LogP contribution in [0.2, 0.25) is 0 Å². The zero-order valence-electron chi connectivity index (χ0n) is 20.2. The van der Waals surface area contributed by atoms with Crippen LogP contribution >= 0.6 is 0 Å². The second-order valence-electron chi connectivity index (χ2n) is 10.2. The molecule has 0 aliphatic carbocycles. The van der Waals surface area contributed by atoms with Gasteiger partial charge in [-0.3, -0.25) is 0 Å². The van der Waals surface area contributed by atoms with Gasteiger partial charge in [0.25, 0.3) is 0 Å². The minimum Gasteiger partial charge on any atom is -0.493 e. The van der Waals surface area contributed by atoms with E-state index in [0.717, 1.165) is 30.9 Å². The Kier molecular flexibility index (Phi) is 8.05. The van der Waals surface area contributed by atoms with Crippen molar-refractivity contribution in [2.45, 2.75) is 78.9 Å². The maximum absolute atomic E-state index is 6.31. The van der Waals surface area contributed by atoms with Crippen LogP contribution in [0, 0.1) is 11.3 Å². The predicted molar refractivity (Wildman–Crippen MR) is 128 cm³/mol. The van der Waals surface area contributed by atoms with Crippen LogP contribution in [0.4, 0.5) is 0 Å². The van der Waals surface area contributed by atoms with Crippen molar-refractivity contribution in [1.29, 1.82) is 0 Å². The molecule has 1 heterocycles. The van der Waals surface area contributed by atoms with Crippen LogP contribution < -0.4 is 9.47 Å². The molecule has 2 aromatic rings. The average Bonchev–Trinajstić information content (AvgIpc) is 2.72. The third kappa shape index (κ3) is 6.49. The van der Waals surface area contributed by atoms with Gasteiger partial charge in [0.1, 0.15) is 11.5 Å². The van der Waals surface area contributed by atoms with E-state index in [9.17, 15) is 0 Å². The summed E-state index contributed by atoms with van der Waals surface area (Å²) in [7, 11) is 0. The molecule has 0 saturated heterocycles. The number of benzene rings is 2. The molecule has 1 aliphatic heterocycles. The SMILES string of the molecule is CCOC(CC1CCOc2ccccc21)Oc1ccc(C(CC(C)C)C(C)(C)C)cc1. The largest absolute Gasteiger partial charge is 0.493 e. The van der Waals surface area contributed by atoms with Gasteiger partial charge in [-0.1, -0.05) is 65.0 Å². The molecule has 1 aliphatic rings. The molecular formula is C28H40O3. The van der Waals surface area contributed by atoms with Gasteiger partial charge in [-0.25, -0.2) is 0 Å². The molecule has 0 amide bonds. The highest BCUT2D eigenvalue weighted by Gasteiger charge is 2.28. The number of ether oxygens (including phenoxy) is 3. The van der Waals surface area contributed by atoms with Crippen LogP contribution in [0.3, 0.4) is 0 Å². The molecule has 2 aromatic carbocycles. The van der Waals surface area contributed by atoms with Crippen molar-refractivity contribution in [3.05, 3.63) is 59.7 Å². The first kappa shape index (κ1) is 23.7. The lowest BCUT2D eigenvalue weighted by molar-refractivity contribution is -0.0847. The number of rotatable bonds is 9. The Morgan fingerprint density at radius 1 is 1.03 bits per heavy atom. The molecule has 0 bridgehead atoms. The lowest BCUT2D eigenvalue weighted by atomic mass is 9.72. The summed E-state index contributed by atoms with van der Waals surface area (Å²) in [6, 6.07) is 17.0. The fraction of sp³-hybridized carbons (Fsp3) is 0.571. The van der Waals surface area contributed by atoms with Crippen molar-refractivity contribution in [3.8, 4) is 11.5 Å². The summed E-state index contributed by atoms with van der Waals surface area (Å²) in [6.45, 7) is 15.0. The summed E-state index contributed by atoms with van der Waals surface area (Å²) in [6.07, 6.45) is 2.74. The van der Waals surface area contributed by atoms with Crippen LogP contribution in [0.25, 0.3) is 0 Å². The quantitative estimate of drug-likeness (QED) is 0.389. The van der Waals surface area contributed by atoms with Gasteiger partial charge in [-0.2, -0.15) is 0 Å². The minimum atomic E-state index is -0.263. The predicted octanol–water partition coefficient (Wildman–Crippen LogP) is 7.56. The van der Waals surface area contributed by atoms with Gasteiger partial charge >= 0.3 is 0 Å². The van der Waals surface area contributed by atoms with Gasteiger partial charge in [-0.05, 0) is 72.3 Å². The summed E-state index contributed by atoms with van der Waals surface area (Å²) in [5, 5.41) is 0. The summed E-state index contributed by atoms with van der Waals surface area (Å²) in [4.78, 5) is 0. The topological polar surface area (TPSA) is 27.7 Å². The molecule has 0 radical (unpaired) electrons. The molecule has 3 nitrogen and oxygen atoms in total. The Hall–Kier alpha value is -2.00. The Morgan fingerprint density at radius 3 is 2.39 bits per heavy atom. The van der Waals surface area contributed by atoms with Gasteiger partial charge in [-0.15, -0.1) is 0 Å². The molecule has 3 atom stereocenters. The Balaban J connectivity index is 1.71. The molecule has 0 fully saturated rings. The maximum Gasteiger partial charge on any atom is 0.200 e. The fourth-order valence-electron chi connectivity index (χ4n) is 4.62. The van der Waals surface area contributed by atoms with E-state index in [-0.39, 0.29) is 11.7 Å². The van der Waals surface area contributed by atoms with Gasteiger partial charge in [0.05, 0.1) is 6.61 Å². The molecule has 31 heavy (non-hydrogen) atoms. The highest BCUT2D eigenvalue weighted by molar-refractivity contribution is 5.38. The third-order valence-corrected chi connectivity index (χ3v) is 6.21. The van der Waals surface area contributed by atoms with Crippen LogP contribution in [-0.2, 0) is 4.74 Å². The van der Waals surface area contributed by atoms with Gasteiger partial charge < -0.3 is 14.2 Å². The van der Waals surface area contributed by atoms with E-state index >= 15 is 0 Å². The smallest absolute Gasteiger partial charge is 0.200 e. The standard InChI is InChI=1S/C28H40O3/c1-7-29-27(19-22-16-17-30-26-11-9-8-10-24(22)26)31-23-14-12-21(13-15-23)25(18-20(2)3)28(4,5)6/h8-15,20,22,25,27H,7,16-19H2,1-6H3. The number of para-hydroxylation sites is 1. The minimum absolute atomic E-state index is 0.233. The fourth-order valence-corrected chi connectivity index (χ4v) is 4.62.